The largest absolute Gasteiger partial charge is 0.484 e. The molecule has 5 heteroatoms. The standard InChI is InChI=1S/C24H32N2O3/c1-5-13-25-24(28)22(6-2)26(16-20-11-7-9-18(3)14-20)23(27)17-29-21-12-8-10-19(4)15-21/h7-12,14-15,22H,5-6,13,16-17H2,1-4H3,(H,25,28). The number of aryl methyl sites for hydroxylation is 2. The average Bonchev–Trinajstić information content (AvgIpc) is 2.70. The molecule has 2 aromatic rings. The Labute approximate surface area is 174 Å². The maximum Gasteiger partial charge on any atom is 0.261 e. The Morgan fingerprint density at radius 3 is 2.34 bits per heavy atom. The van der Waals surface area contributed by atoms with Crippen LogP contribution < -0.4 is 10.1 Å². The molecule has 0 aliphatic heterocycles. The van der Waals surface area contributed by atoms with E-state index in [1.165, 1.54) is 0 Å². The number of amides is 2. The highest BCUT2D eigenvalue weighted by molar-refractivity contribution is 5.88. The van der Waals surface area contributed by atoms with Crippen LogP contribution in [-0.4, -0.2) is 35.9 Å². The summed E-state index contributed by atoms with van der Waals surface area (Å²) in [7, 11) is 0. The van der Waals surface area contributed by atoms with Crippen molar-refractivity contribution in [3.63, 3.8) is 0 Å². The molecule has 0 fully saturated rings. The number of rotatable bonds is 10. The quantitative estimate of drug-likeness (QED) is 0.660. The van der Waals surface area contributed by atoms with E-state index >= 15 is 0 Å². The van der Waals surface area contributed by atoms with Crippen LogP contribution in [0, 0.1) is 13.8 Å². The Hall–Kier alpha value is -2.82. The minimum absolute atomic E-state index is 0.104. The first-order chi connectivity index (χ1) is 13.9. The number of benzene rings is 2. The summed E-state index contributed by atoms with van der Waals surface area (Å²) in [4.78, 5) is 27.4. The summed E-state index contributed by atoms with van der Waals surface area (Å²) in [6, 6.07) is 15.1. The molecule has 2 amide bonds. The Morgan fingerprint density at radius 1 is 1.03 bits per heavy atom. The highest BCUT2D eigenvalue weighted by atomic mass is 16.5. The van der Waals surface area contributed by atoms with E-state index in [2.05, 4.69) is 5.32 Å². The van der Waals surface area contributed by atoms with Crippen molar-refractivity contribution in [2.24, 2.45) is 0 Å². The van der Waals surface area contributed by atoms with E-state index in [1.807, 2.05) is 76.2 Å². The number of hydrogen-bond acceptors (Lipinski definition) is 3. The lowest BCUT2D eigenvalue weighted by molar-refractivity contribution is -0.143. The molecule has 1 atom stereocenters. The van der Waals surface area contributed by atoms with Crippen LogP contribution in [0.1, 0.15) is 43.4 Å². The maximum absolute atomic E-state index is 13.1. The summed E-state index contributed by atoms with van der Waals surface area (Å²) in [5.74, 6) is 0.328. The predicted molar refractivity (Wildman–Crippen MR) is 116 cm³/mol. The molecule has 29 heavy (non-hydrogen) atoms. The van der Waals surface area contributed by atoms with Crippen molar-refractivity contribution in [1.29, 1.82) is 0 Å². The van der Waals surface area contributed by atoms with Crippen LogP contribution in [-0.2, 0) is 16.1 Å². The Bertz CT molecular complexity index is 819. The van der Waals surface area contributed by atoms with Crippen LogP contribution in [0.3, 0.4) is 0 Å². The van der Waals surface area contributed by atoms with E-state index in [9.17, 15) is 9.59 Å². The Kier molecular flexibility index (Phi) is 8.71. The second-order valence-electron chi connectivity index (χ2n) is 7.33. The lowest BCUT2D eigenvalue weighted by atomic mass is 10.1. The Morgan fingerprint density at radius 2 is 1.72 bits per heavy atom. The number of carbonyl (C=O) groups is 2. The summed E-state index contributed by atoms with van der Waals surface area (Å²) in [6.07, 6.45) is 1.39. The highest BCUT2D eigenvalue weighted by Crippen LogP contribution is 2.16. The molecular weight excluding hydrogens is 364 g/mol. The minimum atomic E-state index is -0.532. The van der Waals surface area contributed by atoms with Crippen molar-refractivity contribution >= 4 is 11.8 Å². The molecule has 2 aromatic carbocycles. The molecule has 2 rings (SSSR count). The molecule has 0 spiro atoms. The molecular formula is C24H32N2O3. The van der Waals surface area contributed by atoms with Crippen molar-refractivity contribution in [1.82, 2.24) is 10.2 Å². The molecule has 0 radical (unpaired) electrons. The summed E-state index contributed by atoms with van der Waals surface area (Å²) < 4.78 is 5.72. The number of ether oxygens (including phenoxy) is 1. The fourth-order valence-electron chi connectivity index (χ4n) is 3.23. The third kappa shape index (κ3) is 6.93. The summed E-state index contributed by atoms with van der Waals surface area (Å²) in [5.41, 5.74) is 3.18. The van der Waals surface area contributed by atoms with Gasteiger partial charge in [0.1, 0.15) is 11.8 Å². The van der Waals surface area contributed by atoms with E-state index in [0.717, 1.165) is 23.1 Å². The number of nitrogens with zero attached hydrogens (tertiary/aromatic N) is 1. The van der Waals surface area contributed by atoms with Crippen LogP contribution >= 0.6 is 0 Å². The monoisotopic (exact) mass is 396 g/mol. The zero-order valence-corrected chi connectivity index (χ0v) is 17.9. The highest BCUT2D eigenvalue weighted by Gasteiger charge is 2.28. The number of nitrogens with one attached hydrogen (secondary N) is 1. The van der Waals surface area contributed by atoms with Gasteiger partial charge in [-0.05, 0) is 49.9 Å². The fraction of sp³-hybridized carbons (Fsp3) is 0.417. The molecule has 0 aliphatic rings. The van der Waals surface area contributed by atoms with Gasteiger partial charge in [-0.15, -0.1) is 0 Å². The first kappa shape index (κ1) is 22.5. The van der Waals surface area contributed by atoms with Crippen LogP contribution in [0.15, 0.2) is 48.5 Å². The Balaban J connectivity index is 2.19. The van der Waals surface area contributed by atoms with Gasteiger partial charge in [0, 0.05) is 13.1 Å². The average molecular weight is 397 g/mol. The molecule has 0 heterocycles. The molecule has 5 nitrogen and oxygen atoms in total. The zero-order valence-electron chi connectivity index (χ0n) is 17.9. The maximum atomic E-state index is 13.1. The van der Waals surface area contributed by atoms with Gasteiger partial charge < -0.3 is 15.0 Å². The van der Waals surface area contributed by atoms with Crippen LogP contribution in [0.2, 0.25) is 0 Å². The molecule has 1 N–H and O–H groups in total. The van der Waals surface area contributed by atoms with Gasteiger partial charge >= 0.3 is 0 Å². The van der Waals surface area contributed by atoms with E-state index in [-0.39, 0.29) is 18.4 Å². The lowest BCUT2D eigenvalue weighted by Crippen LogP contribution is -2.50. The molecule has 0 aromatic heterocycles. The SMILES string of the molecule is CCCNC(=O)C(CC)N(Cc1cccc(C)c1)C(=O)COc1cccc(C)c1. The second kappa shape index (κ2) is 11.2. The predicted octanol–water partition coefficient (Wildman–Crippen LogP) is 4.02. The van der Waals surface area contributed by atoms with E-state index in [1.54, 1.807) is 4.90 Å². The second-order valence-corrected chi connectivity index (χ2v) is 7.33. The lowest BCUT2D eigenvalue weighted by Gasteiger charge is -2.30. The van der Waals surface area contributed by atoms with Gasteiger partial charge in [-0.2, -0.15) is 0 Å². The fourth-order valence-corrected chi connectivity index (χ4v) is 3.23. The first-order valence-electron chi connectivity index (χ1n) is 10.3. The van der Waals surface area contributed by atoms with Crippen molar-refractivity contribution in [3.8, 4) is 5.75 Å². The van der Waals surface area contributed by atoms with Gasteiger partial charge in [-0.1, -0.05) is 55.8 Å². The van der Waals surface area contributed by atoms with Gasteiger partial charge in [0.05, 0.1) is 0 Å². The van der Waals surface area contributed by atoms with Crippen LogP contribution in [0.5, 0.6) is 5.75 Å². The van der Waals surface area contributed by atoms with E-state index < -0.39 is 6.04 Å². The molecule has 0 aliphatic carbocycles. The number of hydrogen-bond donors (Lipinski definition) is 1. The molecule has 1 unspecified atom stereocenters. The zero-order chi connectivity index (χ0) is 21.2. The van der Waals surface area contributed by atoms with E-state index in [4.69, 9.17) is 4.74 Å². The topological polar surface area (TPSA) is 58.6 Å². The number of carbonyl (C=O) groups excluding carboxylic acids is 2. The van der Waals surface area contributed by atoms with Gasteiger partial charge in [-0.3, -0.25) is 9.59 Å². The summed E-state index contributed by atoms with van der Waals surface area (Å²) in [6.45, 7) is 8.79. The van der Waals surface area contributed by atoms with Gasteiger partial charge in [0.15, 0.2) is 6.61 Å². The van der Waals surface area contributed by atoms with Crippen molar-refractivity contribution in [2.75, 3.05) is 13.2 Å². The molecule has 0 saturated heterocycles. The normalized spacial score (nSPS) is 11.6. The molecule has 0 bridgehead atoms. The van der Waals surface area contributed by atoms with Crippen molar-refractivity contribution in [3.05, 3.63) is 65.2 Å². The van der Waals surface area contributed by atoms with Gasteiger partial charge in [0.2, 0.25) is 5.91 Å². The molecule has 0 saturated carbocycles. The molecule has 156 valence electrons. The van der Waals surface area contributed by atoms with Gasteiger partial charge in [-0.25, -0.2) is 0 Å². The summed E-state index contributed by atoms with van der Waals surface area (Å²) in [5, 5.41) is 2.92. The minimum Gasteiger partial charge on any atom is -0.484 e. The third-order valence-electron chi connectivity index (χ3n) is 4.72. The van der Waals surface area contributed by atoms with Crippen LogP contribution in [0.4, 0.5) is 0 Å². The van der Waals surface area contributed by atoms with Gasteiger partial charge in [0.25, 0.3) is 5.91 Å². The third-order valence-corrected chi connectivity index (χ3v) is 4.72. The van der Waals surface area contributed by atoms with Crippen molar-refractivity contribution < 1.29 is 14.3 Å². The van der Waals surface area contributed by atoms with Crippen molar-refractivity contribution in [2.45, 2.75) is 53.1 Å². The smallest absolute Gasteiger partial charge is 0.261 e. The summed E-state index contributed by atoms with van der Waals surface area (Å²) >= 11 is 0. The van der Waals surface area contributed by atoms with E-state index in [0.29, 0.717) is 25.3 Å². The first-order valence-corrected chi connectivity index (χ1v) is 10.3. The van der Waals surface area contributed by atoms with Crippen LogP contribution in [0.25, 0.3) is 0 Å².